The number of hydrogen-bond donors (Lipinski definition) is 3. The molecule has 1 aliphatic heterocycles. The quantitative estimate of drug-likeness (QED) is 0.553. The Labute approximate surface area is 163 Å². The summed E-state index contributed by atoms with van der Waals surface area (Å²) in [4.78, 5) is 23.5. The van der Waals surface area contributed by atoms with Gasteiger partial charge in [0.2, 0.25) is 5.95 Å². The highest BCUT2D eigenvalue weighted by molar-refractivity contribution is 5.71. The monoisotopic (exact) mass is 408 g/mol. The van der Waals surface area contributed by atoms with E-state index in [2.05, 4.69) is 30.3 Å². The molecule has 0 spiro atoms. The highest BCUT2D eigenvalue weighted by atomic mass is 19.3. The van der Waals surface area contributed by atoms with Crippen LogP contribution in [0.1, 0.15) is 12.0 Å². The number of hydrogen-bond acceptors (Lipinski definition) is 6. The number of nitrogens with one attached hydrogen (secondary N) is 3. The number of rotatable bonds is 7. The molecule has 1 aromatic carbocycles. The summed E-state index contributed by atoms with van der Waals surface area (Å²) in [6, 6.07) is 3.17. The van der Waals surface area contributed by atoms with E-state index in [1.165, 1.54) is 10.8 Å². The molecule has 8 nitrogen and oxygen atoms in total. The third-order valence-electron chi connectivity index (χ3n) is 4.79. The molecule has 154 valence electrons. The van der Waals surface area contributed by atoms with Gasteiger partial charge in [0.1, 0.15) is 17.1 Å². The van der Waals surface area contributed by atoms with Gasteiger partial charge in [-0.3, -0.25) is 4.57 Å². The minimum absolute atomic E-state index is 0.0958. The maximum atomic E-state index is 13.7. The number of anilines is 1. The Bertz CT molecular complexity index is 1060. The molecule has 0 bridgehead atoms. The molecule has 1 saturated heterocycles. The summed E-state index contributed by atoms with van der Waals surface area (Å²) < 4.78 is 44.6. The summed E-state index contributed by atoms with van der Waals surface area (Å²) in [5.74, 6) is -0.0232. The maximum Gasteiger partial charge on any atom is 0.387 e. The van der Waals surface area contributed by atoms with Gasteiger partial charge in [-0.1, -0.05) is 0 Å². The van der Waals surface area contributed by atoms with E-state index in [0.717, 1.165) is 37.7 Å². The number of fused-ring (bicyclic) bond motifs is 1. The van der Waals surface area contributed by atoms with Crippen molar-refractivity contribution in [2.45, 2.75) is 19.6 Å². The van der Waals surface area contributed by atoms with Crippen LogP contribution < -0.4 is 21.1 Å². The van der Waals surface area contributed by atoms with Crippen molar-refractivity contribution in [2.75, 3.05) is 25.0 Å². The summed E-state index contributed by atoms with van der Waals surface area (Å²) in [6.07, 6.45) is 2.52. The SMILES string of the molecule is O=c1[nH]c2cnc(NC[C@@H]3CCNC3)nc2n1Cc1cc(F)ccc1OC(F)F. The number of ether oxygens (including phenoxy) is 1. The molecule has 0 unspecified atom stereocenters. The van der Waals surface area contributed by atoms with Crippen molar-refractivity contribution < 1.29 is 17.9 Å². The molecule has 3 aromatic rings. The fourth-order valence-corrected chi connectivity index (χ4v) is 3.35. The molecule has 0 amide bonds. The van der Waals surface area contributed by atoms with Crippen molar-refractivity contribution in [3.05, 3.63) is 46.3 Å². The molecule has 0 radical (unpaired) electrons. The minimum Gasteiger partial charge on any atom is -0.434 e. The van der Waals surface area contributed by atoms with Crippen LogP contribution in [0.3, 0.4) is 0 Å². The van der Waals surface area contributed by atoms with Gasteiger partial charge in [-0.05, 0) is 43.6 Å². The van der Waals surface area contributed by atoms with E-state index in [9.17, 15) is 18.0 Å². The zero-order valence-electron chi connectivity index (χ0n) is 15.3. The molecule has 0 aliphatic carbocycles. The molecule has 1 aliphatic rings. The largest absolute Gasteiger partial charge is 0.434 e. The maximum absolute atomic E-state index is 13.7. The molecule has 3 N–H and O–H groups in total. The normalized spacial score (nSPS) is 16.6. The van der Waals surface area contributed by atoms with Crippen LogP contribution in [0.2, 0.25) is 0 Å². The van der Waals surface area contributed by atoms with E-state index < -0.39 is 18.1 Å². The highest BCUT2D eigenvalue weighted by Gasteiger charge is 2.17. The Morgan fingerprint density at radius 2 is 2.24 bits per heavy atom. The average molecular weight is 408 g/mol. The van der Waals surface area contributed by atoms with Crippen LogP contribution in [0, 0.1) is 11.7 Å². The molecule has 4 rings (SSSR count). The molecule has 11 heteroatoms. The second-order valence-electron chi connectivity index (χ2n) is 6.82. The topological polar surface area (TPSA) is 96.9 Å². The summed E-state index contributed by atoms with van der Waals surface area (Å²) in [5, 5.41) is 6.42. The highest BCUT2D eigenvalue weighted by Crippen LogP contribution is 2.23. The smallest absolute Gasteiger partial charge is 0.387 e. The van der Waals surface area contributed by atoms with Crippen LogP contribution in [-0.4, -0.2) is 45.8 Å². The number of benzene rings is 1. The van der Waals surface area contributed by atoms with Crippen LogP contribution in [0.25, 0.3) is 11.2 Å². The van der Waals surface area contributed by atoms with Crippen molar-refractivity contribution >= 4 is 17.1 Å². The molecule has 2 aromatic heterocycles. The lowest BCUT2D eigenvalue weighted by Gasteiger charge is -2.12. The third-order valence-corrected chi connectivity index (χ3v) is 4.79. The van der Waals surface area contributed by atoms with Crippen LogP contribution in [-0.2, 0) is 6.54 Å². The first kappa shape index (κ1) is 19.2. The first-order chi connectivity index (χ1) is 14.0. The first-order valence-corrected chi connectivity index (χ1v) is 9.13. The van der Waals surface area contributed by atoms with E-state index in [-0.39, 0.29) is 23.5 Å². The Morgan fingerprint density at radius 1 is 1.38 bits per heavy atom. The number of aromatic nitrogens is 4. The van der Waals surface area contributed by atoms with Crippen LogP contribution in [0.4, 0.5) is 19.1 Å². The van der Waals surface area contributed by atoms with Gasteiger partial charge < -0.3 is 20.4 Å². The minimum atomic E-state index is -3.07. The molecular formula is C18H19F3N6O2. The Kier molecular flexibility index (Phi) is 5.38. The fourth-order valence-electron chi connectivity index (χ4n) is 3.35. The number of halogens is 3. The number of imidazole rings is 1. The number of alkyl halides is 2. The van der Waals surface area contributed by atoms with Crippen molar-refractivity contribution in [1.82, 2.24) is 24.8 Å². The van der Waals surface area contributed by atoms with Gasteiger partial charge in [-0.25, -0.2) is 14.2 Å². The number of aromatic amines is 1. The Hall–Kier alpha value is -3.08. The van der Waals surface area contributed by atoms with Gasteiger partial charge >= 0.3 is 12.3 Å². The lowest BCUT2D eigenvalue weighted by molar-refractivity contribution is -0.0505. The first-order valence-electron chi connectivity index (χ1n) is 9.13. The molecule has 0 saturated carbocycles. The van der Waals surface area contributed by atoms with Gasteiger partial charge in [0.05, 0.1) is 12.7 Å². The standard InChI is InChI=1S/C18H19F3N6O2/c19-12-1-2-14(29-16(20)21)11(5-12)9-27-15-13(25-18(27)28)8-24-17(26-15)23-7-10-3-4-22-6-10/h1-2,5,8,10,16,22H,3-4,6-7,9H2,(H,25,28)(H,23,24,26)/t10-/m1/s1. The number of H-pyrrole nitrogens is 1. The molecular weight excluding hydrogens is 389 g/mol. The summed E-state index contributed by atoms with van der Waals surface area (Å²) in [7, 11) is 0. The Balaban J connectivity index is 1.63. The van der Waals surface area contributed by atoms with Crippen LogP contribution >= 0.6 is 0 Å². The third kappa shape index (κ3) is 4.34. The average Bonchev–Trinajstić information content (AvgIpc) is 3.30. The van der Waals surface area contributed by atoms with E-state index >= 15 is 0 Å². The zero-order chi connectivity index (χ0) is 20.4. The van der Waals surface area contributed by atoms with Crippen molar-refractivity contribution in [1.29, 1.82) is 0 Å². The Morgan fingerprint density at radius 3 is 3.00 bits per heavy atom. The van der Waals surface area contributed by atoms with Gasteiger partial charge in [0.15, 0.2) is 5.65 Å². The van der Waals surface area contributed by atoms with E-state index in [1.54, 1.807) is 0 Å². The van der Waals surface area contributed by atoms with Crippen LogP contribution in [0.15, 0.2) is 29.2 Å². The van der Waals surface area contributed by atoms with Crippen LogP contribution in [0.5, 0.6) is 5.75 Å². The second-order valence-corrected chi connectivity index (χ2v) is 6.82. The van der Waals surface area contributed by atoms with E-state index in [1.807, 2.05) is 0 Å². The van der Waals surface area contributed by atoms with Crippen molar-refractivity contribution in [2.24, 2.45) is 5.92 Å². The molecule has 1 atom stereocenters. The molecule has 29 heavy (non-hydrogen) atoms. The summed E-state index contributed by atoms with van der Waals surface area (Å²) >= 11 is 0. The lowest BCUT2D eigenvalue weighted by atomic mass is 10.1. The van der Waals surface area contributed by atoms with E-state index in [0.29, 0.717) is 23.9 Å². The second kappa shape index (κ2) is 8.11. The zero-order valence-corrected chi connectivity index (χ0v) is 15.3. The van der Waals surface area contributed by atoms with Gasteiger partial charge in [-0.2, -0.15) is 13.8 Å². The van der Waals surface area contributed by atoms with Gasteiger partial charge in [-0.15, -0.1) is 0 Å². The summed E-state index contributed by atoms with van der Waals surface area (Å²) in [5.41, 5.74) is 0.247. The number of nitrogens with zero attached hydrogens (tertiary/aromatic N) is 3. The van der Waals surface area contributed by atoms with Gasteiger partial charge in [0, 0.05) is 12.1 Å². The molecule has 1 fully saturated rings. The van der Waals surface area contributed by atoms with Crippen molar-refractivity contribution in [3.8, 4) is 5.75 Å². The fraction of sp³-hybridized carbons (Fsp3) is 0.389. The molecule has 3 heterocycles. The predicted octanol–water partition coefficient (Wildman–Crippen LogP) is 1.93. The van der Waals surface area contributed by atoms with E-state index in [4.69, 9.17) is 0 Å². The lowest BCUT2D eigenvalue weighted by Crippen LogP contribution is -2.20. The van der Waals surface area contributed by atoms with Gasteiger partial charge in [0.25, 0.3) is 0 Å². The summed E-state index contributed by atoms with van der Waals surface area (Å²) in [6.45, 7) is -0.691. The predicted molar refractivity (Wildman–Crippen MR) is 99.7 cm³/mol. The van der Waals surface area contributed by atoms with Crippen molar-refractivity contribution in [3.63, 3.8) is 0 Å².